The van der Waals surface area contributed by atoms with E-state index in [1.165, 1.54) is 11.8 Å². The van der Waals surface area contributed by atoms with Gasteiger partial charge in [-0.05, 0) is 38.1 Å². The number of fused-ring (bicyclic) bond motifs is 1. The van der Waals surface area contributed by atoms with Crippen LogP contribution in [0.4, 0.5) is 5.82 Å². The van der Waals surface area contributed by atoms with Crippen LogP contribution in [0.5, 0.6) is 11.5 Å². The van der Waals surface area contributed by atoms with Crippen molar-refractivity contribution in [2.75, 3.05) is 25.3 Å². The average Bonchev–Trinajstić information content (AvgIpc) is 3.13. The fourth-order valence-electron chi connectivity index (χ4n) is 4.25. The van der Waals surface area contributed by atoms with Crippen molar-refractivity contribution >= 4 is 23.5 Å². The average molecular weight is 488 g/mol. The molecule has 0 saturated carbocycles. The highest BCUT2D eigenvalue weighted by Crippen LogP contribution is 2.49. The highest BCUT2D eigenvalue weighted by Gasteiger charge is 2.34. The number of methoxy groups -OCH3 is 2. The van der Waals surface area contributed by atoms with Crippen molar-refractivity contribution in [3.05, 3.63) is 77.1 Å². The van der Waals surface area contributed by atoms with Crippen LogP contribution in [0.25, 0.3) is 17.2 Å². The summed E-state index contributed by atoms with van der Waals surface area (Å²) < 4.78 is 12.9. The molecule has 0 bridgehead atoms. The Kier molecular flexibility index (Phi) is 6.17. The zero-order valence-corrected chi connectivity index (χ0v) is 20.7. The Hall–Kier alpha value is -3.85. The van der Waals surface area contributed by atoms with Crippen molar-refractivity contribution in [2.45, 2.75) is 19.1 Å². The van der Waals surface area contributed by atoms with E-state index in [2.05, 4.69) is 15.3 Å². The molecule has 1 N–H and O–H groups in total. The number of nitrogens with one attached hydrogen (secondary N) is 1. The first-order valence-corrected chi connectivity index (χ1v) is 12.2. The summed E-state index contributed by atoms with van der Waals surface area (Å²) in [5.74, 6) is 2.52. The van der Waals surface area contributed by atoms with E-state index in [1.54, 1.807) is 18.9 Å². The van der Waals surface area contributed by atoms with E-state index >= 15 is 0 Å². The topological polar surface area (TPSA) is 91.2 Å². The van der Waals surface area contributed by atoms with Gasteiger partial charge in [-0.15, -0.1) is 11.8 Å². The number of thioether (sulfide) groups is 1. The van der Waals surface area contributed by atoms with E-state index in [0.717, 1.165) is 33.8 Å². The van der Waals surface area contributed by atoms with Gasteiger partial charge in [0.15, 0.2) is 0 Å². The first-order valence-electron chi connectivity index (χ1n) is 11.1. The minimum Gasteiger partial charge on any atom is -0.497 e. The maximum Gasteiger partial charge on any atom is 0.252 e. The SMILES string of the molecule is COc1ccc(OC)c(C2SCC(=O)Nc3c2c(-c2ccccc2)nn3-c2nc(C)cc(C)n2)c1. The number of carbonyl (C=O) groups excluding carboxylic acids is 1. The van der Waals surface area contributed by atoms with Crippen LogP contribution < -0.4 is 14.8 Å². The number of hydrogen-bond donors (Lipinski definition) is 1. The van der Waals surface area contributed by atoms with Crippen LogP contribution in [0.3, 0.4) is 0 Å². The molecule has 3 heterocycles. The van der Waals surface area contributed by atoms with Crippen molar-refractivity contribution in [3.63, 3.8) is 0 Å². The van der Waals surface area contributed by atoms with Crippen molar-refractivity contribution in [2.24, 2.45) is 0 Å². The summed E-state index contributed by atoms with van der Waals surface area (Å²) in [5, 5.41) is 7.77. The van der Waals surface area contributed by atoms with Gasteiger partial charge in [-0.1, -0.05) is 30.3 Å². The predicted molar refractivity (Wildman–Crippen MR) is 137 cm³/mol. The summed E-state index contributed by atoms with van der Waals surface area (Å²) in [4.78, 5) is 22.1. The summed E-state index contributed by atoms with van der Waals surface area (Å²) in [6.07, 6.45) is 0. The summed E-state index contributed by atoms with van der Waals surface area (Å²) in [7, 11) is 3.27. The molecule has 178 valence electrons. The fraction of sp³-hybridized carbons (Fsp3) is 0.231. The van der Waals surface area contributed by atoms with Gasteiger partial charge in [0.05, 0.1) is 30.9 Å². The van der Waals surface area contributed by atoms with Crippen LogP contribution in [0.1, 0.15) is 27.8 Å². The molecule has 4 aromatic rings. The number of aromatic nitrogens is 4. The third-order valence-electron chi connectivity index (χ3n) is 5.75. The second-order valence-corrected chi connectivity index (χ2v) is 9.28. The van der Waals surface area contributed by atoms with Gasteiger partial charge < -0.3 is 14.8 Å². The molecule has 1 aliphatic heterocycles. The molecule has 5 rings (SSSR count). The zero-order valence-electron chi connectivity index (χ0n) is 19.9. The quantitative estimate of drug-likeness (QED) is 0.435. The molecule has 1 aliphatic rings. The van der Waals surface area contributed by atoms with Gasteiger partial charge in [0.25, 0.3) is 5.95 Å². The van der Waals surface area contributed by atoms with E-state index in [1.807, 2.05) is 68.4 Å². The lowest BCUT2D eigenvalue weighted by molar-refractivity contribution is -0.113. The van der Waals surface area contributed by atoms with Crippen LogP contribution >= 0.6 is 11.8 Å². The number of amides is 1. The minimum absolute atomic E-state index is 0.120. The second kappa shape index (κ2) is 9.42. The highest BCUT2D eigenvalue weighted by atomic mass is 32.2. The number of nitrogens with zero attached hydrogens (tertiary/aromatic N) is 4. The molecular weight excluding hydrogens is 462 g/mol. The number of rotatable bonds is 5. The molecule has 2 aromatic carbocycles. The van der Waals surface area contributed by atoms with Gasteiger partial charge in [-0.3, -0.25) is 4.79 Å². The largest absolute Gasteiger partial charge is 0.497 e. The van der Waals surface area contributed by atoms with Gasteiger partial charge in [0.2, 0.25) is 5.91 Å². The molecule has 0 aliphatic carbocycles. The van der Waals surface area contributed by atoms with Gasteiger partial charge in [-0.2, -0.15) is 9.78 Å². The van der Waals surface area contributed by atoms with E-state index < -0.39 is 0 Å². The van der Waals surface area contributed by atoms with Crippen molar-refractivity contribution in [3.8, 4) is 28.7 Å². The first-order chi connectivity index (χ1) is 17.0. The van der Waals surface area contributed by atoms with E-state index in [0.29, 0.717) is 23.3 Å². The maximum absolute atomic E-state index is 12.9. The van der Waals surface area contributed by atoms with Crippen LogP contribution in [0.15, 0.2) is 54.6 Å². The molecule has 8 nitrogen and oxygen atoms in total. The van der Waals surface area contributed by atoms with Gasteiger partial charge in [0, 0.05) is 28.1 Å². The Morgan fingerprint density at radius 1 is 1.00 bits per heavy atom. The molecule has 1 amide bonds. The lowest BCUT2D eigenvalue weighted by Crippen LogP contribution is -2.17. The normalized spacial score (nSPS) is 15.2. The molecule has 35 heavy (non-hydrogen) atoms. The number of aryl methyl sites for hydroxylation is 2. The number of ether oxygens (including phenoxy) is 2. The first kappa shape index (κ1) is 22.9. The van der Waals surface area contributed by atoms with Crippen LogP contribution in [0, 0.1) is 13.8 Å². The number of benzene rings is 2. The van der Waals surface area contributed by atoms with Crippen LogP contribution in [-0.4, -0.2) is 45.6 Å². The summed E-state index contributed by atoms with van der Waals surface area (Å²) in [6.45, 7) is 3.83. The fourth-order valence-corrected chi connectivity index (χ4v) is 5.40. The molecular formula is C26H25N5O3S. The van der Waals surface area contributed by atoms with E-state index in [4.69, 9.17) is 14.6 Å². The molecule has 9 heteroatoms. The Morgan fingerprint density at radius 2 is 1.74 bits per heavy atom. The molecule has 0 saturated heterocycles. The molecule has 0 fully saturated rings. The number of hydrogen-bond acceptors (Lipinski definition) is 7. The number of carbonyl (C=O) groups is 1. The third-order valence-corrected chi connectivity index (χ3v) is 7.00. The van der Waals surface area contributed by atoms with Gasteiger partial charge in [0.1, 0.15) is 17.3 Å². The molecule has 2 aromatic heterocycles. The highest BCUT2D eigenvalue weighted by molar-refractivity contribution is 8.00. The van der Waals surface area contributed by atoms with Crippen molar-refractivity contribution in [1.82, 2.24) is 19.7 Å². The number of anilines is 1. The van der Waals surface area contributed by atoms with E-state index in [9.17, 15) is 4.79 Å². The predicted octanol–water partition coefficient (Wildman–Crippen LogP) is 4.74. The van der Waals surface area contributed by atoms with Crippen LogP contribution in [-0.2, 0) is 4.79 Å². The van der Waals surface area contributed by atoms with Gasteiger partial charge in [-0.25, -0.2) is 9.97 Å². The second-order valence-electron chi connectivity index (χ2n) is 8.19. The Balaban J connectivity index is 1.82. The summed E-state index contributed by atoms with van der Waals surface area (Å²) >= 11 is 1.52. The minimum atomic E-state index is -0.260. The maximum atomic E-state index is 12.9. The summed E-state index contributed by atoms with van der Waals surface area (Å²) in [5.41, 5.74) is 5.06. The Bertz CT molecular complexity index is 1380. The van der Waals surface area contributed by atoms with Crippen LogP contribution in [0.2, 0.25) is 0 Å². The zero-order chi connectivity index (χ0) is 24.5. The summed E-state index contributed by atoms with van der Waals surface area (Å²) in [6, 6.07) is 17.5. The monoisotopic (exact) mass is 487 g/mol. The Morgan fingerprint density at radius 3 is 2.43 bits per heavy atom. The van der Waals surface area contributed by atoms with Crippen molar-refractivity contribution in [1.29, 1.82) is 0 Å². The smallest absolute Gasteiger partial charge is 0.252 e. The molecule has 1 unspecified atom stereocenters. The lowest BCUT2D eigenvalue weighted by atomic mass is 9.99. The standard InChI is InChI=1S/C26H25N5O3S/c1-15-12-16(2)28-26(27-15)31-25-22(23(30-31)17-8-6-5-7-9-17)24(35-14-21(32)29-25)19-13-18(33-3)10-11-20(19)34-4/h5-13,24H,14H2,1-4H3,(H,29,32). The molecule has 0 radical (unpaired) electrons. The van der Waals surface area contributed by atoms with E-state index in [-0.39, 0.29) is 16.9 Å². The lowest BCUT2D eigenvalue weighted by Gasteiger charge is -2.19. The van der Waals surface area contributed by atoms with Crippen molar-refractivity contribution < 1.29 is 14.3 Å². The molecule has 0 spiro atoms. The molecule has 1 atom stereocenters. The van der Waals surface area contributed by atoms with Gasteiger partial charge >= 0.3 is 0 Å². The Labute approximate surface area is 207 Å². The third kappa shape index (κ3) is 4.35.